The largest absolute Gasteiger partial charge is 0.452 e. The van der Waals surface area contributed by atoms with Crippen molar-refractivity contribution < 1.29 is 32.4 Å². The molecule has 0 bridgehead atoms. The minimum Gasteiger partial charge on any atom is -0.452 e. The van der Waals surface area contributed by atoms with E-state index in [-0.39, 0.29) is 17.2 Å². The van der Waals surface area contributed by atoms with Gasteiger partial charge in [0.1, 0.15) is 11.4 Å². The number of hydrogen-bond donors (Lipinski definition) is 1. The summed E-state index contributed by atoms with van der Waals surface area (Å²) in [5, 5.41) is 6.29. The van der Waals surface area contributed by atoms with Gasteiger partial charge in [0.05, 0.1) is 5.56 Å². The van der Waals surface area contributed by atoms with Crippen molar-refractivity contribution in [1.82, 2.24) is 5.16 Å². The van der Waals surface area contributed by atoms with E-state index in [4.69, 9.17) is 9.26 Å². The third kappa shape index (κ3) is 5.61. The van der Waals surface area contributed by atoms with E-state index >= 15 is 0 Å². The molecule has 1 aromatic heterocycles. The molecular formula is C20H16F2N2O5. The van der Waals surface area contributed by atoms with Gasteiger partial charge >= 0.3 is 12.6 Å². The molecule has 3 aromatic rings. The Bertz CT molecular complexity index is 1000. The summed E-state index contributed by atoms with van der Waals surface area (Å²) in [4.78, 5) is 23.9. The van der Waals surface area contributed by atoms with Crippen molar-refractivity contribution >= 4 is 17.8 Å². The van der Waals surface area contributed by atoms with Gasteiger partial charge < -0.3 is 14.0 Å². The number of amides is 1. The molecule has 0 aliphatic rings. The van der Waals surface area contributed by atoms with Crippen molar-refractivity contribution in [3.63, 3.8) is 0 Å². The second kappa shape index (κ2) is 8.96. The van der Waals surface area contributed by atoms with Crippen LogP contribution in [-0.4, -0.2) is 30.3 Å². The molecule has 0 atom stereocenters. The van der Waals surface area contributed by atoms with Crippen LogP contribution in [0.4, 0.5) is 14.7 Å². The number of carbonyl (C=O) groups is 2. The number of aryl methyl sites for hydroxylation is 1. The number of anilines is 1. The first-order valence-corrected chi connectivity index (χ1v) is 8.46. The topological polar surface area (TPSA) is 90.7 Å². The van der Waals surface area contributed by atoms with E-state index in [0.29, 0.717) is 5.69 Å². The third-order valence-corrected chi connectivity index (χ3v) is 3.75. The van der Waals surface area contributed by atoms with E-state index < -0.39 is 25.1 Å². The Labute approximate surface area is 164 Å². The molecular weight excluding hydrogens is 386 g/mol. The van der Waals surface area contributed by atoms with Crippen LogP contribution in [0.3, 0.4) is 0 Å². The van der Waals surface area contributed by atoms with Crippen LogP contribution >= 0.6 is 0 Å². The molecule has 0 saturated carbocycles. The fraction of sp³-hybridized carbons (Fsp3) is 0.150. The monoisotopic (exact) mass is 402 g/mol. The molecule has 1 N–H and O–H groups in total. The van der Waals surface area contributed by atoms with Crippen LogP contribution in [0, 0.1) is 6.92 Å². The normalized spacial score (nSPS) is 10.6. The first-order valence-electron chi connectivity index (χ1n) is 8.46. The molecule has 1 amide bonds. The fourth-order valence-electron chi connectivity index (χ4n) is 2.38. The van der Waals surface area contributed by atoms with Crippen molar-refractivity contribution in [2.75, 3.05) is 11.9 Å². The van der Waals surface area contributed by atoms with Gasteiger partial charge in [0, 0.05) is 11.6 Å². The predicted molar refractivity (Wildman–Crippen MR) is 98.7 cm³/mol. The summed E-state index contributed by atoms with van der Waals surface area (Å²) in [6.07, 6.45) is 0. The molecule has 0 fully saturated rings. The highest BCUT2D eigenvalue weighted by molar-refractivity contribution is 5.95. The number of esters is 1. The van der Waals surface area contributed by atoms with Crippen molar-refractivity contribution in [2.24, 2.45) is 0 Å². The van der Waals surface area contributed by atoms with Crippen molar-refractivity contribution in [3.05, 3.63) is 65.7 Å². The molecule has 0 aliphatic carbocycles. The van der Waals surface area contributed by atoms with Crippen LogP contribution in [0.15, 0.2) is 59.1 Å². The van der Waals surface area contributed by atoms with Gasteiger partial charge in [-0.15, -0.1) is 0 Å². The molecule has 3 rings (SSSR count). The average molecular weight is 402 g/mol. The third-order valence-electron chi connectivity index (χ3n) is 3.75. The molecule has 9 heteroatoms. The first-order chi connectivity index (χ1) is 13.9. The number of nitrogens with one attached hydrogen (secondary N) is 1. The highest BCUT2D eigenvalue weighted by atomic mass is 19.3. The van der Waals surface area contributed by atoms with E-state index in [0.717, 1.165) is 17.2 Å². The summed E-state index contributed by atoms with van der Waals surface area (Å²) < 4.78 is 38.6. The number of aromatic nitrogens is 1. The predicted octanol–water partition coefficient (Wildman–Crippen LogP) is 4.05. The number of nitrogens with zero attached hydrogens (tertiary/aromatic N) is 1. The molecule has 0 aliphatic heterocycles. The van der Waals surface area contributed by atoms with Crippen LogP contribution < -0.4 is 10.1 Å². The van der Waals surface area contributed by atoms with Gasteiger partial charge in [-0.1, -0.05) is 41.1 Å². The molecule has 29 heavy (non-hydrogen) atoms. The van der Waals surface area contributed by atoms with E-state index in [1.807, 2.05) is 31.2 Å². The van der Waals surface area contributed by atoms with Crippen molar-refractivity contribution in [2.45, 2.75) is 13.5 Å². The average Bonchev–Trinajstić information content (AvgIpc) is 3.14. The van der Waals surface area contributed by atoms with E-state index in [1.165, 1.54) is 24.3 Å². The molecule has 7 nitrogen and oxygen atoms in total. The Morgan fingerprint density at radius 3 is 2.62 bits per heavy atom. The lowest BCUT2D eigenvalue weighted by atomic mass is 10.1. The maximum atomic E-state index is 12.2. The van der Waals surface area contributed by atoms with Gasteiger partial charge in [-0.05, 0) is 25.1 Å². The van der Waals surface area contributed by atoms with Crippen LogP contribution in [0.2, 0.25) is 0 Å². The summed E-state index contributed by atoms with van der Waals surface area (Å²) in [5.41, 5.74) is 2.42. The Balaban J connectivity index is 1.54. The summed E-state index contributed by atoms with van der Waals surface area (Å²) >= 11 is 0. The number of rotatable bonds is 7. The summed E-state index contributed by atoms with van der Waals surface area (Å²) in [6.45, 7) is -1.65. The zero-order valence-corrected chi connectivity index (χ0v) is 15.2. The lowest BCUT2D eigenvalue weighted by Crippen LogP contribution is -2.20. The van der Waals surface area contributed by atoms with Gasteiger partial charge in [-0.2, -0.15) is 8.78 Å². The molecule has 150 valence electrons. The van der Waals surface area contributed by atoms with Gasteiger partial charge in [0.2, 0.25) is 5.88 Å². The lowest BCUT2D eigenvalue weighted by Gasteiger charge is -2.07. The Morgan fingerprint density at radius 1 is 1.14 bits per heavy atom. The Morgan fingerprint density at radius 2 is 1.90 bits per heavy atom. The van der Waals surface area contributed by atoms with Crippen molar-refractivity contribution in [3.8, 4) is 17.0 Å². The number of halogens is 2. The van der Waals surface area contributed by atoms with E-state index in [2.05, 4.69) is 15.2 Å². The van der Waals surface area contributed by atoms with Gasteiger partial charge in [-0.25, -0.2) is 4.79 Å². The van der Waals surface area contributed by atoms with Crippen molar-refractivity contribution in [1.29, 1.82) is 0 Å². The Hall–Kier alpha value is -3.75. The van der Waals surface area contributed by atoms with E-state index in [1.54, 1.807) is 0 Å². The highest BCUT2D eigenvalue weighted by Crippen LogP contribution is 2.22. The molecule has 0 saturated heterocycles. The zero-order valence-electron chi connectivity index (χ0n) is 15.2. The molecule has 0 spiro atoms. The van der Waals surface area contributed by atoms with Crippen LogP contribution in [0.5, 0.6) is 5.75 Å². The zero-order chi connectivity index (χ0) is 20.8. The number of carbonyl (C=O) groups excluding carboxylic acids is 2. The smallest absolute Gasteiger partial charge is 0.387 e. The van der Waals surface area contributed by atoms with Crippen LogP contribution in [0.1, 0.15) is 15.9 Å². The minimum atomic E-state index is -3.02. The first kappa shape index (κ1) is 20.0. The quantitative estimate of drug-likeness (QED) is 0.600. The summed E-state index contributed by atoms with van der Waals surface area (Å²) in [7, 11) is 0. The molecule has 2 aromatic carbocycles. The second-order valence-electron chi connectivity index (χ2n) is 5.97. The molecule has 0 radical (unpaired) electrons. The maximum Gasteiger partial charge on any atom is 0.387 e. The second-order valence-corrected chi connectivity index (χ2v) is 5.97. The fourth-order valence-corrected chi connectivity index (χ4v) is 2.38. The van der Waals surface area contributed by atoms with E-state index in [9.17, 15) is 18.4 Å². The van der Waals surface area contributed by atoms with Crippen LogP contribution in [0.25, 0.3) is 11.3 Å². The number of benzene rings is 2. The lowest BCUT2D eigenvalue weighted by molar-refractivity contribution is -0.119. The van der Waals surface area contributed by atoms with Gasteiger partial charge in [0.25, 0.3) is 5.91 Å². The number of alkyl halides is 2. The SMILES string of the molecule is Cc1ccc(-c2cc(NC(=O)COC(=O)c3cccc(OC(F)F)c3)on2)cc1. The van der Waals surface area contributed by atoms with Gasteiger partial charge in [0.15, 0.2) is 6.61 Å². The highest BCUT2D eigenvalue weighted by Gasteiger charge is 2.14. The molecule has 1 heterocycles. The van der Waals surface area contributed by atoms with Crippen LogP contribution in [-0.2, 0) is 9.53 Å². The molecule has 0 unspecified atom stereocenters. The minimum absolute atomic E-state index is 0.0303. The number of ether oxygens (including phenoxy) is 2. The number of hydrogen-bond acceptors (Lipinski definition) is 6. The summed E-state index contributed by atoms with van der Waals surface area (Å²) in [6, 6.07) is 14.2. The van der Waals surface area contributed by atoms with Gasteiger partial charge in [-0.3, -0.25) is 10.1 Å². The summed E-state index contributed by atoms with van der Waals surface area (Å²) in [5.74, 6) is -1.61. The Kier molecular flexibility index (Phi) is 6.18. The standard InChI is InChI=1S/C20H16F2N2O5/c1-12-5-7-13(8-6-12)16-10-18(29-24-16)23-17(25)11-27-19(26)14-3-2-4-15(9-14)28-20(21)22/h2-10,20H,11H2,1H3,(H,23,25). The maximum absolute atomic E-state index is 12.2.